The van der Waals surface area contributed by atoms with Crippen molar-refractivity contribution < 1.29 is 0 Å². The molecule has 0 amide bonds. The van der Waals surface area contributed by atoms with Crippen molar-refractivity contribution in [1.29, 1.82) is 0 Å². The first kappa shape index (κ1) is 9.69. The third-order valence-corrected chi connectivity index (χ3v) is 1.61. The molecule has 0 fully saturated rings. The van der Waals surface area contributed by atoms with Gasteiger partial charge in [0.1, 0.15) is 6.04 Å². The van der Waals surface area contributed by atoms with Crippen molar-refractivity contribution in [2.24, 2.45) is 0 Å². The van der Waals surface area contributed by atoms with Crippen LogP contribution >= 0.6 is 0 Å². The minimum absolute atomic E-state index is 0.166. The smallest absolute Gasteiger partial charge is 0.157 e. The molecule has 0 saturated carbocycles. The summed E-state index contributed by atoms with van der Waals surface area (Å²) >= 11 is 0. The van der Waals surface area contributed by atoms with E-state index in [9.17, 15) is 0 Å². The lowest BCUT2D eigenvalue weighted by molar-refractivity contribution is 0.599. The van der Waals surface area contributed by atoms with Crippen LogP contribution in [0.3, 0.4) is 0 Å². The van der Waals surface area contributed by atoms with Gasteiger partial charge in [0, 0.05) is 12.4 Å². The fourth-order valence-corrected chi connectivity index (χ4v) is 0.973. The summed E-state index contributed by atoms with van der Waals surface area (Å²) in [5, 5.41) is 3.17. The van der Waals surface area contributed by atoms with Gasteiger partial charge in [-0.05, 0) is 19.0 Å². The zero-order valence-corrected chi connectivity index (χ0v) is 7.70. The Kier molecular flexibility index (Phi) is 3.94. The summed E-state index contributed by atoms with van der Waals surface area (Å²) in [5.41, 5.74) is 0. The predicted octanol–water partition coefficient (Wildman–Crippen LogP) is 1.15. The van der Waals surface area contributed by atoms with E-state index >= 15 is 0 Å². The molecule has 0 aromatic carbocycles. The molecule has 1 aromatic rings. The molecule has 0 spiro atoms. The van der Waals surface area contributed by atoms with E-state index in [4.69, 9.17) is 6.42 Å². The lowest BCUT2D eigenvalue weighted by Gasteiger charge is -2.09. The summed E-state index contributed by atoms with van der Waals surface area (Å²) < 4.78 is 0. The van der Waals surface area contributed by atoms with Crippen LogP contribution in [0.1, 0.15) is 25.2 Å². The zero-order chi connectivity index (χ0) is 9.52. The van der Waals surface area contributed by atoms with Crippen molar-refractivity contribution in [1.82, 2.24) is 15.3 Å². The Hall–Kier alpha value is -1.40. The van der Waals surface area contributed by atoms with Crippen molar-refractivity contribution in [2.75, 3.05) is 6.54 Å². The second kappa shape index (κ2) is 5.28. The van der Waals surface area contributed by atoms with Crippen molar-refractivity contribution in [3.63, 3.8) is 0 Å². The maximum Gasteiger partial charge on any atom is 0.157 e. The first-order chi connectivity index (χ1) is 6.38. The van der Waals surface area contributed by atoms with Crippen LogP contribution in [0.4, 0.5) is 0 Å². The van der Waals surface area contributed by atoms with Crippen LogP contribution in [0.15, 0.2) is 18.5 Å². The third kappa shape index (κ3) is 2.85. The van der Waals surface area contributed by atoms with Crippen molar-refractivity contribution >= 4 is 0 Å². The minimum atomic E-state index is -0.166. The first-order valence-corrected chi connectivity index (χ1v) is 4.35. The topological polar surface area (TPSA) is 37.8 Å². The third-order valence-electron chi connectivity index (χ3n) is 1.61. The highest BCUT2D eigenvalue weighted by Crippen LogP contribution is 2.03. The van der Waals surface area contributed by atoms with Crippen LogP contribution in [0.25, 0.3) is 0 Å². The lowest BCUT2D eigenvalue weighted by Crippen LogP contribution is -2.22. The van der Waals surface area contributed by atoms with E-state index in [1.54, 1.807) is 18.5 Å². The highest BCUT2D eigenvalue weighted by atomic mass is 15.0. The van der Waals surface area contributed by atoms with Crippen molar-refractivity contribution in [3.05, 3.63) is 24.3 Å². The lowest BCUT2D eigenvalue weighted by atomic mass is 10.3. The second-order valence-corrected chi connectivity index (χ2v) is 2.66. The SMILES string of the molecule is C#CC(NCCC)c1ncccn1. The van der Waals surface area contributed by atoms with Crippen LogP contribution < -0.4 is 5.32 Å². The average Bonchev–Trinajstić information content (AvgIpc) is 2.21. The van der Waals surface area contributed by atoms with Crippen molar-refractivity contribution in [2.45, 2.75) is 19.4 Å². The Morgan fingerprint density at radius 3 is 2.77 bits per heavy atom. The van der Waals surface area contributed by atoms with E-state index < -0.39 is 0 Å². The minimum Gasteiger partial charge on any atom is -0.297 e. The van der Waals surface area contributed by atoms with Gasteiger partial charge in [0.25, 0.3) is 0 Å². The summed E-state index contributed by atoms with van der Waals surface area (Å²) in [5.74, 6) is 3.28. The normalized spacial score (nSPS) is 12.0. The standard InChI is InChI=1S/C10H13N3/c1-3-6-11-9(4-2)10-12-7-5-8-13-10/h2,5,7-9,11H,3,6H2,1H3. The van der Waals surface area contributed by atoms with Gasteiger partial charge in [-0.2, -0.15) is 0 Å². The Labute approximate surface area is 78.6 Å². The average molecular weight is 175 g/mol. The quantitative estimate of drug-likeness (QED) is 0.697. The summed E-state index contributed by atoms with van der Waals surface area (Å²) in [6.07, 6.45) is 9.79. The molecule has 0 radical (unpaired) electrons. The molecule has 3 nitrogen and oxygen atoms in total. The first-order valence-electron chi connectivity index (χ1n) is 4.35. The molecule has 0 aliphatic heterocycles. The van der Waals surface area contributed by atoms with Crippen LogP contribution in [-0.4, -0.2) is 16.5 Å². The largest absolute Gasteiger partial charge is 0.297 e. The number of hydrogen-bond acceptors (Lipinski definition) is 3. The summed E-state index contributed by atoms with van der Waals surface area (Å²) in [6, 6.07) is 1.61. The summed E-state index contributed by atoms with van der Waals surface area (Å²) in [7, 11) is 0. The van der Waals surface area contributed by atoms with Crippen LogP contribution in [0.5, 0.6) is 0 Å². The Morgan fingerprint density at radius 2 is 2.23 bits per heavy atom. The predicted molar refractivity (Wildman–Crippen MR) is 51.9 cm³/mol. The Bertz CT molecular complexity index is 276. The Balaban J connectivity index is 2.63. The van der Waals surface area contributed by atoms with E-state index in [0.29, 0.717) is 5.82 Å². The molecule has 1 rings (SSSR count). The van der Waals surface area contributed by atoms with E-state index in [0.717, 1.165) is 13.0 Å². The number of nitrogens with one attached hydrogen (secondary N) is 1. The molecular weight excluding hydrogens is 162 g/mol. The molecule has 1 heterocycles. The van der Waals surface area contributed by atoms with Gasteiger partial charge in [-0.25, -0.2) is 9.97 Å². The number of rotatable bonds is 4. The summed E-state index contributed by atoms with van der Waals surface area (Å²) in [6.45, 7) is 2.97. The van der Waals surface area contributed by atoms with Gasteiger partial charge in [0.2, 0.25) is 0 Å². The monoisotopic (exact) mass is 175 g/mol. The molecule has 68 valence electrons. The van der Waals surface area contributed by atoms with Crippen LogP contribution in [0.2, 0.25) is 0 Å². The molecule has 1 aromatic heterocycles. The number of aromatic nitrogens is 2. The molecular formula is C10H13N3. The highest BCUT2D eigenvalue weighted by Gasteiger charge is 2.07. The number of terminal acetylenes is 1. The second-order valence-electron chi connectivity index (χ2n) is 2.66. The fourth-order valence-electron chi connectivity index (χ4n) is 0.973. The molecule has 1 unspecified atom stereocenters. The van der Waals surface area contributed by atoms with Gasteiger partial charge < -0.3 is 0 Å². The molecule has 0 aliphatic rings. The molecule has 1 N–H and O–H groups in total. The van der Waals surface area contributed by atoms with Gasteiger partial charge >= 0.3 is 0 Å². The maximum absolute atomic E-state index is 5.35. The molecule has 0 bridgehead atoms. The molecule has 1 atom stereocenters. The molecule has 13 heavy (non-hydrogen) atoms. The number of nitrogens with zero attached hydrogens (tertiary/aromatic N) is 2. The van der Waals surface area contributed by atoms with Gasteiger partial charge in [0.05, 0.1) is 0 Å². The van der Waals surface area contributed by atoms with Gasteiger partial charge in [-0.1, -0.05) is 12.8 Å². The zero-order valence-electron chi connectivity index (χ0n) is 7.70. The van der Waals surface area contributed by atoms with Gasteiger partial charge in [0.15, 0.2) is 5.82 Å². The summed E-state index contributed by atoms with van der Waals surface area (Å²) in [4.78, 5) is 8.17. The van der Waals surface area contributed by atoms with Gasteiger partial charge in [-0.15, -0.1) is 6.42 Å². The van der Waals surface area contributed by atoms with Crippen molar-refractivity contribution in [3.8, 4) is 12.3 Å². The van der Waals surface area contributed by atoms with Crippen LogP contribution in [-0.2, 0) is 0 Å². The van der Waals surface area contributed by atoms with Crippen LogP contribution in [0, 0.1) is 12.3 Å². The molecule has 0 aliphatic carbocycles. The van der Waals surface area contributed by atoms with E-state index in [1.807, 2.05) is 0 Å². The fraction of sp³-hybridized carbons (Fsp3) is 0.400. The van der Waals surface area contributed by atoms with Gasteiger partial charge in [-0.3, -0.25) is 5.32 Å². The molecule has 0 saturated heterocycles. The highest BCUT2D eigenvalue weighted by molar-refractivity contribution is 5.10. The molecule has 3 heteroatoms. The Morgan fingerprint density at radius 1 is 1.54 bits per heavy atom. The maximum atomic E-state index is 5.35. The van der Waals surface area contributed by atoms with E-state index in [-0.39, 0.29) is 6.04 Å². The number of hydrogen-bond donors (Lipinski definition) is 1. The van der Waals surface area contributed by atoms with E-state index in [2.05, 4.69) is 28.1 Å². The van der Waals surface area contributed by atoms with E-state index in [1.165, 1.54) is 0 Å².